The van der Waals surface area contributed by atoms with Crippen molar-refractivity contribution in [2.24, 2.45) is 5.92 Å². The third kappa shape index (κ3) is 3.85. The first kappa shape index (κ1) is 22.4. The highest BCUT2D eigenvalue weighted by Gasteiger charge is 2.54. The fraction of sp³-hybridized carbons (Fsp3) is 0.321. The van der Waals surface area contributed by atoms with E-state index in [1.807, 2.05) is 21.8 Å². The zero-order valence-corrected chi connectivity index (χ0v) is 20.1. The van der Waals surface area contributed by atoms with E-state index in [4.69, 9.17) is 4.74 Å². The van der Waals surface area contributed by atoms with Gasteiger partial charge in [0.2, 0.25) is 0 Å². The lowest BCUT2D eigenvalue weighted by molar-refractivity contribution is 0.0644. The van der Waals surface area contributed by atoms with Gasteiger partial charge in [0.25, 0.3) is 5.91 Å². The predicted molar refractivity (Wildman–Crippen MR) is 131 cm³/mol. The molecule has 0 bridgehead atoms. The van der Waals surface area contributed by atoms with Crippen LogP contribution in [0, 0.1) is 17.6 Å². The van der Waals surface area contributed by atoms with Gasteiger partial charge < -0.3 is 9.64 Å². The number of piperidine rings is 1. The molecular weight excluding hydrogens is 476 g/mol. The Hall–Kier alpha value is -3.85. The molecular formula is C28H25F2N5O2. The lowest BCUT2D eigenvalue weighted by Crippen LogP contribution is -2.41. The molecule has 7 nitrogen and oxygen atoms in total. The van der Waals surface area contributed by atoms with Crippen LogP contribution in [0.25, 0.3) is 22.5 Å². The first-order chi connectivity index (χ1) is 18.1. The first-order valence-electron chi connectivity index (χ1n) is 12.6. The van der Waals surface area contributed by atoms with Crippen molar-refractivity contribution in [3.05, 3.63) is 83.7 Å². The molecule has 1 amide bonds. The van der Waals surface area contributed by atoms with Crippen molar-refractivity contribution in [1.82, 2.24) is 24.5 Å². The van der Waals surface area contributed by atoms with Crippen LogP contribution in [0.5, 0.6) is 0 Å². The van der Waals surface area contributed by atoms with Crippen LogP contribution in [0.3, 0.4) is 0 Å². The van der Waals surface area contributed by atoms with Crippen molar-refractivity contribution in [2.45, 2.75) is 44.6 Å². The Morgan fingerprint density at radius 2 is 1.86 bits per heavy atom. The summed E-state index contributed by atoms with van der Waals surface area (Å²) in [6, 6.07) is 14.7. The van der Waals surface area contributed by atoms with Gasteiger partial charge in [-0.2, -0.15) is 10.2 Å². The van der Waals surface area contributed by atoms with Gasteiger partial charge in [-0.25, -0.2) is 8.78 Å². The Morgan fingerprint density at radius 3 is 2.70 bits per heavy atom. The van der Waals surface area contributed by atoms with Crippen LogP contribution in [0.15, 0.2) is 60.8 Å². The van der Waals surface area contributed by atoms with E-state index in [1.54, 1.807) is 35.0 Å². The molecule has 0 spiro atoms. The van der Waals surface area contributed by atoms with Crippen LogP contribution in [0.1, 0.15) is 28.9 Å². The summed E-state index contributed by atoms with van der Waals surface area (Å²) in [5.74, 6) is -0.336. The van der Waals surface area contributed by atoms with Crippen LogP contribution in [0.4, 0.5) is 8.78 Å². The van der Waals surface area contributed by atoms with Crippen molar-refractivity contribution in [2.75, 3.05) is 6.61 Å². The minimum absolute atomic E-state index is 0.0363. The second-order valence-electron chi connectivity index (χ2n) is 10.0. The SMILES string of the molecule is O=C(c1c(-c2ccccc2F)nn2c1COCC2)N1[C@H](Cn2ccc(-c3ccc(F)cc3)n2)C[C@@H]2C[C@@H]21. The Balaban J connectivity index is 1.21. The minimum atomic E-state index is -0.403. The number of ether oxygens (including phenoxy) is 1. The summed E-state index contributed by atoms with van der Waals surface area (Å²) in [5.41, 5.74) is 3.44. The molecule has 3 aliphatic rings. The van der Waals surface area contributed by atoms with Crippen LogP contribution in [-0.4, -0.2) is 49.1 Å². The summed E-state index contributed by atoms with van der Waals surface area (Å²) in [4.78, 5) is 16.2. The molecule has 1 saturated carbocycles. The summed E-state index contributed by atoms with van der Waals surface area (Å²) in [7, 11) is 0. The molecule has 4 heterocycles. The molecule has 0 N–H and O–H groups in total. The molecule has 188 valence electrons. The Bertz CT molecular complexity index is 1490. The molecule has 0 radical (unpaired) electrons. The highest BCUT2D eigenvalue weighted by Crippen LogP contribution is 2.49. The second kappa shape index (κ2) is 8.62. The van der Waals surface area contributed by atoms with Gasteiger partial charge in [-0.3, -0.25) is 14.2 Å². The number of carbonyl (C=O) groups is 1. The molecule has 2 fully saturated rings. The third-order valence-electron chi connectivity index (χ3n) is 7.71. The van der Waals surface area contributed by atoms with Gasteiger partial charge in [0.15, 0.2) is 0 Å². The van der Waals surface area contributed by atoms with E-state index in [2.05, 4.69) is 10.2 Å². The maximum absolute atomic E-state index is 14.8. The number of nitrogens with zero attached hydrogens (tertiary/aromatic N) is 5. The second-order valence-corrected chi connectivity index (χ2v) is 10.0. The van der Waals surface area contributed by atoms with Crippen molar-refractivity contribution >= 4 is 5.91 Å². The number of carbonyl (C=O) groups excluding carboxylic acids is 1. The van der Waals surface area contributed by atoms with Crippen LogP contribution in [-0.2, 0) is 24.4 Å². The fourth-order valence-electron chi connectivity index (χ4n) is 5.84. The summed E-state index contributed by atoms with van der Waals surface area (Å²) < 4.78 is 37.5. The van der Waals surface area contributed by atoms with Crippen molar-refractivity contribution in [3.63, 3.8) is 0 Å². The van der Waals surface area contributed by atoms with Crippen molar-refractivity contribution in [1.29, 1.82) is 0 Å². The van der Waals surface area contributed by atoms with E-state index < -0.39 is 5.82 Å². The highest BCUT2D eigenvalue weighted by molar-refractivity contribution is 6.02. The molecule has 2 aliphatic heterocycles. The Morgan fingerprint density at radius 1 is 1.03 bits per heavy atom. The van der Waals surface area contributed by atoms with Gasteiger partial charge in [0.05, 0.1) is 49.3 Å². The zero-order valence-electron chi connectivity index (χ0n) is 20.1. The molecule has 0 unspecified atom stereocenters. The van der Waals surface area contributed by atoms with E-state index in [0.717, 1.165) is 24.1 Å². The van der Waals surface area contributed by atoms with E-state index in [-0.39, 0.29) is 30.4 Å². The summed E-state index contributed by atoms with van der Waals surface area (Å²) in [5, 5.41) is 9.36. The van der Waals surface area contributed by atoms with E-state index in [1.165, 1.54) is 18.2 Å². The average molecular weight is 502 g/mol. The van der Waals surface area contributed by atoms with Crippen molar-refractivity contribution in [3.8, 4) is 22.5 Å². The van der Waals surface area contributed by atoms with Crippen LogP contribution < -0.4 is 0 Å². The van der Waals surface area contributed by atoms with E-state index in [0.29, 0.717) is 48.1 Å². The smallest absolute Gasteiger partial charge is 0.258 e. The minimum Gasteiger partial charge on any atom is -0.373 e. The van der Waals surface area contributed by atoms with Gasteiger partial charge in [-0.15, -0.1) is 0 Å². The number of hydrogen-bond donors (Lipinski definition) is 0. The van der Waals surface area contributed by atoms with Gasteiger partial charge in [0, 0.05) is 23.4 Å². The number of hydrogen-bond acceptors (Lipinski definition) is 4. The highest BCUT2D eigenvalue weighted by atomic mass is 19.1. The third-order valence-corrected chi connectivity index (χ3v) is 7.71. The molecule has 2 aromatic heterocycles. The Kier molecular flexibility index (Phi) is 5.21. The van der Waals surface area contributed by atoms with Crippen LogP contribution >= 0.6 is 0 Å². The number of aromatic nitrogens is 4. The largest absolute Gasteiger partial charge is 0.373 e. The van der Waals surface area contributed by atoms with Gasteiger partial charge >= 0.3 is 0 Å². The molecule has 1 saturated heterocycles. The van der Waals surface area contributed by atoms with Gasteiger partial charge in [0.1, 0.15) is 17.3 Å². The van der Waals surface area contributed by atoms with E-state index in [9.17, 15) is 13.6 Å². The normalized spacial score (nSPS) is 22.1. The lowest BCUT2D eigenvalue weighted by Gasteiger charge is -2.28. The monoisotopic (exact) mass is 501 g/mol. The molecule has 2 aromatic carbocycles. The van der Waals surface area contributed by atoms with E-state index >= 15 is 0 Å². The maximum Gasteiger partial charge on any atom is 0.258 e. The number of halogens is 2. The quantitative estimate of drug-likeness (QED) is 0.403. The molecule has 9 heteroatoms. The topological polar surface area (TPSA) is 65.2 Å². The first-order valence-corrected chi connectivity index (χ1v) is 12.6. The maximum atomic E-state index is 14.8. The molecule has 7 rings (SSSR count). The summed E-state index contributed by atoms with van der Waals surface area (Å²) in [6.07, 6.45) is 3.78. The zero-order chi connectivity index (χ0) is 25.1. The Labute approximate surface area is 212 Å². The molecule has 4 aromatic rings. The number of rotatable bonds is 5. The lowest BCUT2D eigenvalue weighted by atomic mass is 10.0. The van der Waals surface area contributed by atoms with Gasteiger partial charge in [-0.1, -0.05) is 12.1 Å². The number of likely N-dealkylation sites (tertiary alicyclic amines) is 1. The molecule has 3 atom stereocenters. The molecule has 1 aliphatic carbocycles. The average Bonchev–Trinajstić information content (AvgIpc) is 3.22. The summed E-state index contributed by atoms with van der Waals surface area (Å²) >= 11 is 0. The van der Waals surface area contributed by atoms with Crippen LogP contribution in [0.2, 0.25) is 0 Å². The number of fused-ring (bicyclic) bond motifs is 2. The fourth-order valence-corrected chi connectivity index (χ4v) is 5.84. The molecule has 37 heavy (non-hydrogen) atoms. The standard InChI is InChI=1S/C28H25F2N5O2/c29-19-7-5-17(6-8-19)23-9-10-33(31-23)15-20-13-18-14-24(18)35(20)28(36)26-25-16-37-12-11-34(25)32-27(26)21-3-1-2-4-22(21)30/h1-10,18,20,24H,11-16H2/t18-,20+,24+/m1/s1. The van der Waals surface area contributed by atoms with Gasteiger partial charge in [-0.05, 0) is 61.2 Å². The number of benzene rings is 2. The van der Waals surface area contributed by atoms with Crippen molar-refractivity contribution < 1.29 is 18.3 Å². The number of amides is 1. The summed E-state index contributed by atoms with van der Waals surface area (Å²) in [6.45, 7) is 1.86. The predicted octanol–water partition coefficient (Wildman–Crippen LogP) is 4.53.